The van der Waals surface area contributed by atoms with E-state index in [2.05, 4.69) is 26.6 Å². The van der Waals surface area contributed by atoms with Gasteiger partial charge in [0, 0.05) is 19.5 Å². The summed E-state index contributed by atoms with van der Waals surface area (Å²) in [5.41, 5.74) is -0.795. The van der Waals surface area contributed by atoms with Gasteiger partial charge in [0.15, 0.2) is 5.75 Å². The molecule has 0 aliphatic carbocycles. The molecule has 0 unspecified atom stereocenters. The molecular weight excluding hydrogens is 478 g/mol. The molecule has 3 aromatic rings. The zero-order valence-electron chi connectivity index (χ0n) is 17.8. The highest BCUT2D eigenvalue weighted by atomic mass is 79.9. The fraction of sp³-hybridized carbons (Fsp3) is 0.348. The number of aryl methyl sites for hydroxylation is 1. The van der Waals surface area contributed by atoms with Gasteiger partial charge in [-0.2, -0.15) is 0 Å². The second-order valence-corrected chi connectivity index (χ2v) is 8.61. The molecule has 4 rings (SSSR count). The lowest BCUT2D eigenvalue weighted by Crippen LogP contribution is -2.42. The van der Waals surface area contributed by atoms with Gasteiger partial charge in [-0.05, 0) is 47.0 Å². The Kier molecular flexibility index (Phi) is 6.10. The number of carbonyl (C=O) groups is 1. The molecule has 3 N–H and O–H groups in total. The zero-order valence-corrected chi connectivity index (χ0v) is 19.4. The van der Waals surface area contributed by atoms with Crippen LogP contribution in [0.1, 0.15) is 54.6 Å². The number of rotatable bonds is 8. The number of para-hydroxylation sites is 1. The third-order valence-electron chi connectivity index (χ3n) is 5.75. The van der Waals surface area contributed by atoms with Crippen LogP contribution in [0.15, 0.2) is 42.7 Å². The van der Waals surface area contributed by atoms with Gasteiger partial charge in [-0.25, -0.2) is 0 Å². The highest BCUT2D eigenvalue weighted by Gasteiger charge is 2.28. The molecule has 1 saturated heterocycles. The molecule has 32 heavy (non-hydrogen) atoms. The van der Waals surface area contributed by atoms with Crippen LogP contribution in [0, 0.1) is 0 Å². The van der Waals surface area contributed by atoms with Crippen molar-refractivity contribution in [3.8, 4) is 5.75 Å². The SMILES string of the molecule is CCc1oc([C@@H](CC)Nc2c(Nc3cccc(C(=O)N4CCC4)c3O)c(=O)c2=O)cc1Br. The van der Waals surface area contributed by atoms with Crippen molar-refractivity contribution in [2.45, 2.75) is 39.2 Å². The van der Waals surface area contributed by atoms with Crippen molar-refractivity contribution in [1.82, 2.24) is 4.90 Å². The summed E-state index contributed by atoms with van der Waals surface area (Å²) >= 11 is 3.47. The number of likely N-dealkylation sites (tertiary alicyclic amines) is 1. The number of anilines is 3. The maximum absolute atomic E-state index is 12.5. The fourth-order valence-corrected chi connectivity index (χ4v) is 4.26. The fourth-order valence-electron chi connectivity index (χ4n) is 3.68. The predicted molar refractivity (Wildman–Crippen MR) is 126 cm³/mol. The second-order valence-electron chi connectivity index (χ2n) is 7.76. The third-order valence-corrected chi connectivity index (χ3v) is 6.42. The molecule has 0 radical (unpaired) electrons. The molecule has 2 heterocycles. The Bertz CT molecular complexity index is 1240. The van der Waals surface area contributed by atoms with Crippen LogP contribution in [0.3, 0.4) is 0 Å². The van der Waals surface area contributed by atoms with Gasteiger partial charge < -0.3 is 25.1 Å². The topological polar surface area (TPSA) is 112 Å². The number of nitrogens with one attached hydrogen (secondary N) is 2. The molecule has 0 spiro atoms. The van der Waals surface area contributed by atoms with Gasteiger partial charge in [0.2, 0.25) is 0 Å². The summed E-state index contributed by atoms with van der Waals surface area (Å²) in [4.78, 5) is 38.7. The van der Waals surface area contributed by atoms with Gasteiger partial charge in [-0.1, -0.05) is 19.9 Å². The molecule has 168 valence electrons. The first-order chi connectivity index (χ1) is 15.3. The standard InChI is InChI=1S/C23H24BrN3O5/c1-3-14(17-11-13(24)16(4-2)32-17)25-18-19(22(30)21(18)29)26-15-8-5-7-12(20(15)28)23(31)27-9-6-10-27/h5,7-8,11,14,25-26,28H,3-4,6,9-10H2,1-2H3/t14-/m1/s1. The number of amides is 1. The van der Waals surface area contributed by atoms with Gasteiger partial charge in [0.1, 0.15) is 22.9 Å². The number of halogens is 1. The molecule has 1 atom stereocenters. The molecule has 1 aromatic heterocycles. The number of hydrogen-bond donors (Lipinski definition) is 3. The molecule has 8 nitrogen and oxygen atoms in total. The number of carbonyl (C=O) groups excluding carboxylic acids is 1. The monoisotopic (exact) mass is 501 g/mol. The van der Waals surface area contributed by atoms with Crippen LogP contribution in [-0.4, -0.2) is 29.0 Å². The van der Waals surface area contributed by atoms with E-state index in [1.807, 2.05) is 19.9 Å². The number of benzene rings is 1. The van der Waals surface area contributed by atoms with Gasteiger partial charge in [0.05, 0.1) is 21.8 Å². The van der Waals surface area contributed by atoms with Crippen LogP contribution in [0.4, 0.5) is 17.1 Å². The Morgan fingerprint density at radius 1 is 1.22 bits per heavy atom. The van der Waals surface area contributed by atoms with Gasteiger partial charge >= 0.3 is 0 Å². The summed E-state index contributed by atoms with van der Waals surface area (Å²) < 4.78 is 6.72. The van der Waals surface area contributed by atoms with E-state index in [1.165, 1.54) is 6.07 Å². The van der Waals surface area contributed by atoms with Crippen LogP contribution < -0.4 is 21.5 Å². The van der Waals surface area contributed by atoms with Gasteiger partial charge in [-0.15, -0.1) is 0 Å². The number of hydrogen-bond acceptors (Lipinski definition) is 7. The van der Waals surface area contributed by atoms with Crippen LogP contribution in [0.2, 0.25) is 0 Å². The molecule has 0 saturated carbocycles. The summed E-state index contributed by atoms with van der Waals surface area (Å²) in [7, 11) is 0. The van der Waals surface area contributed by atoms with E-state index >= 15 is 0 Å². The largest absolute Gasteiger partial charge is 0.505 e. The highest BCUT2D eigenvalue weighted by molar-refractivity contribution is 9.10. The van der Waals surface area contributed by atoms with E-state index < -0.39 is 10.9 Å². The minimum atomic E-state index is -0.684. The quantitative estimate of drug-likeness (QED) is 0.315. The van der Waals surface area contributed by atoms with Crippen LogP contribution in [0.25, 0.3) is 0 Å². The summed E-state index contributed by atoms with van der Waals surface area (Å²) in [6.45, 7) is 5.23. The summed E-state index contributed by atoms with van der Waals surface area (Å²) in [6, 6.07) is 6.25. The molecule has 1 amide bonds. The molecular formula is C23H24BrN3O5. The lowest BCUT2D eigenvalue weighted by atomic mass is 10.1. The van der Waals surface area contributed by atoms with E-state index in [0.717, 1.165) is 23.1 Å². The van der Waals surface area contributed by atoms with Crippen molar-refractivity contribution < 1.29 is 14.3 Å². The first kappa shape index (κ1) is 22.1. The lowest BCUT2D eigenvalue weighted by Gasteiger charge is -2.31. The number of aromatic hydroxyl groups is 1. The summed E-state index contributed by atoms with van der Waals surface area (Å²) in [5, 5.41) is 16.6. The average Bonchev–Trinajstić information content (AvgIpc) is 3.13. The molecule has 9 heteroatoms. The van der Waals surface area contributed by atoms with E-state index in [0.29, 0.717) is 25.3 Å². The smallest absolute Gasteiger partial charge is 0.257 e. The zero-order chi connectivity index (χ0) is 23.0. The van der Waals surface area contributed by atoms with Crippen LogP contribution >= 0.6 is 15.9 Å². The van der Waals surface area contributed by atoms with Gasteiger partial charge in [0.25, 0.3) is 16.8 Å². The number of furan rings is 1. The Morgan fingerprint density at radius 3 is 2.53 bits per heavy atom. The minimum absolute atomic E-state index is 0.0543. The van der Waals surface area contributed by atoms with E-state index in [4.69, 9.17) is 4.42 Å². The normalized spacial score (nSPS) is 14.3. The van der Waals surface area contributed by atoms with Crippen molar-refractivity contribution in [3.05, 3.63) is 66.3 Å². The van der Waals surface area contributed by atoms with Crippen molar-refractivity contribution in [2.75, 3.05) is 23.7 Å². The van der Waals surface area contributed by atoms with E-state index in [-0.39, 0.29) is 40.3 Å². The van der Waals surface area contributed by atoms with Gasteiger partial charge in [-0.3, -0.25) is 14.4 Å². The minimum Gasteiger partial charge on any atom is -0.505 e. The number of nitrogens with zero attached hydrogens (tertiary/aromatic N) is 1. The number of phenolic OH excluding ortho intramolecular Hbond substituents is 1. The van der Waals surface area contributed by atoms with Crippen molar-refractivity contribution in [3.63, 3.8) is 0 Å². The van der Waals surface area contributed by atoms with Crippen LogP contribution in [0.5, 0.6) is 5.75 Å². The molecule has 1 aliphatic heterocycles. The van der Waals surface area contributed by atoms with E-state index in [9.17, 15) is 19.5 Å². The van der Waals surface area contributed by atoms with Crippen molar-refractivity contribution in [2.24, 2.45) is 0 Å². The molecule has 1 aliphatic rings. The summed E-state index contributed by atoms with van der Waals surface area (Å²) in [6.07, 6.45) is 2.27. The number of phenols is 1. The maximum Gasteiger partial charge on any atom is 0.257 e. The first-order valence-corrected chi connectivity index (χ1v) is 11.4. The Morgan fingerprint density at radius 2 is 1.94 bits per heavy atom. The lowest BCUT2D eigenvalue weighted by molar-refractivity contribution is 0.0649. The second kappa shape index (κ2) is 8.82. The van der Waals surface area contributed by atoms with Crippen LogP contribution in [-0.2, 0) is 6.42 Å². The molecule has 0 bridgehead atoms. The predicted octanol–water partition coefficient (Wildman–Crippen LogP) is 4.06. The molecule has 1 fully saturated rings. The van der Waals surface area contributed by atoms with Crippen molar-refractivity contribution in [1.29, 1.82) is 0 Å². The maximum atomic E-state index is 12.5. The Balaban J connectivity index is 1.59. The molecule has 2 aromatic carbocycles. The van der Waals surface area contributed by atoms with E-state index in [1.54, 1.807) is 17.0 Å². The summed E-state index contributed by atoms with van der Waals surface area (Å²) in [5.74, 6) is 0.942. The average molecular weight is 502 g/mol. The first-order valence-electron chi connectivity index (χ1n) is 10.6. The third kappa shape index (κ3) is 3.81. The highest BCUT2D eigenvalue weighted by Crippen LogP contribution is 2.35. The van der Waals surface area contributed by atoms with Crippen molar-refractivity contribution >= 4 is 38.9 Å². The Labute approximate surface area is 193 Å². The Hall–Kier alpha value is -3.07.